The topological polar surface area (TPSA) is 43.8 Å². The maximum atomic E-state index is 12.5. The van der Waals surface area contributed by atoms with Gasteiger partial charge in [0.25, 0.3) is 0 Å². The van der Waals surface area contributed by atoms with Crippen LogP contribution in [0.1, 0.15) is 24.0 Å². The van der Waals surface area contributed by atoms with Crippen molar-refractivity contribution < 1.29 is 23.1 Å². The normalized spacial score (nSPS) is 16.6. The number of halogens is 3. The fourth-order valence-corrected chi connectivity index (χ4v) is 2.69. The lowest BCUT2D eigenvalue weighted by Gasteiger charge is -2.33. The summed E-state index contributed by atoms with van der Waals surface area (Å²) in [7, 11) is 0. The lowest BCUT2D eigenvalue weighted by atomic mass is 10.1. The van der Waals surface area contributed by atoms with E-state index in [1.54, 1.807) is 0 Å². The molecular formula is C16H21F3N2O2. The van der Waals surface area contributed by atoms with E-state index in [1.807, 2.05) is 0 Å². The Kier molecular flexibility index (Phi) is 5.87. The summed E-state index contributed by atoms with van der Waals surface area (Å²) in [6.07, 6.45) is -2.53. The number of rotatable bonds is 5. The molecule has 1 aliphatic heterocycles. The Morgan fingerprint density at radius 1 is 1.04 bits per heavy atom. The average Bonchev–Trinajstić information content (AvgIpc) is 2.51. The number of alkyl halides is 3. The van der Waals surface area contributed by atoms with Gasteiger partial charge in [0.1, 0.15) is 0 Å². The van der Waals surface area contributed by atoms with Gasteiger partial charge in [-0.25, -0.2) is 4.79 Å². The number of carbonyl (C=O) groups is 1. The molecule has 0 spiro atoms. The molecule has 7 heteroatoms. The van der Waals surface area contributed by atoms with E-state index in [0.29, 0.717) is 13.1 Å². The third-order valence-electron chi connectivity index (χ3n) is 4.11. The fourth-order valence-electron chi connectivity index (χ4n) is 2.69. The van der Waals surface area contributed by atoms with Crippen molar-refractivity contribution in [1.29, 1.82) is 0 Å². The van der Waals surface area contributed by atoms with Crippen molar-refractivity contribution in [3.05, 3.63) is 35.4 Å². The van der Waals surface area contributed by atoms with Crippen LogP contribution in [0.4, 0.5) is 18.0 Å². The van der Waals surface area contributed by atoms with E-state index >= 15 is 0 Å². The molecule has 0 saturated carbocycles. The van der Waals surface area contributed by atoms with Gasteiger partial charge in [0.2, 0.25) is 0 Å². The van der Waals surface area contributed by atoms with Gasteiger partial charge in [0.15, 0.2) is 0 Å². The van der Waals surface area contributed by atoms with Crippen molar-refractivity contribution in [3.63, 3.8) is 0 Å². The van der Waals surface area contributed by atoms with Crippen LogP contribution in [-0.2, 0) is 12.6 Å². The van der Waals surface area contributed by atoms with Gasteiger partial charge in [-0.05, 0) is 43.5 Å². The van der Waals surface area contributed by atoms with Crippen LogP contribution in [-0.4, -0.2) is 53.7 Å². The van der Waals surface area contributed by atoms with Crippen molar-refractivity contribution >= 4 is 6.09 Å². The van der Waals surface area contributed by atoms with Crippen LogP contribution >= 0.6 is 0 Å². The number of carboxylic acid groups (broad SMARTS) is 1. The molecule has 0 aromatic heterocycles. The summed E-state index contributed by atoms with van der Waals surface area (Å²) in [5, 5.41) is 8.87. The number of hydrogen-bond acceptors (Lipinski definition) is 2. The number of amides is 1. The summed E-state index contributed by atoms with van der Waals surface area (Å²) < 4.78 is 37.4. The first-order valence-electron chi connectivity index (χ1n) is 7.72. The summed E-state index contributed by atoms with van der Waals surface area (Å²) in [5.74, 6) is 0. The smallest absolute Gasteiger partial charge is 0.416 e. The monoisotopic (exact) mass is 330 g/mol. The first-order valence-corrected chi connectivity index (χ1v) is 7.72. The van der Waals surface area contributed by atoms with Gasteiger partial charge in [-0.1, -0.05) is 12.1 Å². The SMILES string of the molecule is O=C(O)N1CCN(CCCCc2ccc(C(F)(F)F)cc2)CC1. The molecular weight excluding hydrogens is 309 g/mol. The minimum absolute atomic E-state index is 0.536. The lowest BCUT2D eigenvalue weighted by Crippen LogP contribution is -2.48. The zero-order valence-corrected chi connectivity index (χ0v) is 12.9. The third kappa shape index (κ3) is 5.42. The molecule has 4 nitrogen and oxygen atoms in total. The number of unbranched alkanes of at least 4 members (excludes halogenated alkanes) is 1. The molecule has 1 aliphatic rings. The van der Waals surface area contributed by atoms with Crippen LogP contribution < -0.4 is 0 Å². The first-order chi connectivity index (χ1) is 10.9. The van der Waals surface area contributed by atoms with Gasteiger partial charge >= 0.3 is 12.3 Å². The van der Waals surface area contributed by atoms with Crippen LogP contribution in [0.15, 0.2) is 24.3 Å². The van der Waals surface area contributed by atoms with Crippen molar-refractivity contribution in [2.24, 2.45) is 0 Å². The molecule has 1 fully saturated rings. The number of nitrogens with zero attached hydrogens (tertiary/aromatic N) is 2. The van der Waals surface area contributed by atoms with E-state index in [9.17, 15) is 18.0 Å². The first kappa shape index (κ1) is 17.6. The Morgan fingerprint density at radius 3 is 2.17 bits per heavy atom. The van der Waals surface area contributed by atoms with Crippen LogP contribution in [0, 0.1) is 0 Å². The van der Waals surface area contributed by atoms with Crippen LogP contribution in [0.2, 0.25) is 0 Å². The Labute approximate surface area is 133 Å². The summed E-state index contributed by atoms with van der Waals surface area (Å²) >= 11 is 0. The maximum absolute atomic E-state index is 12.5. The second-order valence-electron chi connectivity index (χ2n) is 5.76. The third-order valence-corrected chi connectivity index (χ3v) is 4.11. The summed E-state index contributed by atoms with van der Waals surface area (Å²) in [4.78, 5) is 14.4. The van der Waals surface area contributed by atoms with Crippen molar-refractivity contribution in [1.82, 2.24) is 9.80 Å². The molecule has 1 N–H and O–H groups in total. The van der Waals surface area contributed by atoms with E-state index in [2.05, 4.69) is 4.90 Å². The molecule has 0 bridgehead atoms. The highest BCUT2D eigenvalue weighted by molar-refractivity contribution is 5.65. The fraction of sp³-hybridized carbons (Fsp3) is 0.562. The summed E-state index contributed by atoms with van der Waals surface area (Å²) in [6, 6.07) is 5.32. The van der Waals surface area contributed by atoms with Crippen LogP contribution in [0.3, 0.4) is 0 Å². The lowest BCUT2D eigenvalue weighted by molar-refractivity contribution is -0.137. The standard InChI is InChI=1S/C16H21F3N2O2/c17-16(18,19)14-6-4-13(5-7-14)3-1-2-8-20-9-11-21(12-10-20)15(22)23/h4-7H,1-3,8-12H2,(H,22,23). The minimum atomic E-state index is -4.28. The van der Waals surface area contributed by atoms with Crippen LogP contribution in [0.25, 0.3) is 0 Å². The molecule has 0 radical (unpaired) electrons. The van der Waals surface area contributed by atoms with E-state index in [4.69, 9.17) is 5.11 Å². The second-order valence-corrected chi connectivity index (χ2v) is 5.76. The van der Waals surface area contributed by atoms with Crippen molar-refractivity contribution in [2.75, 3.05) is 32.7 Å². The van der Waals surface area contributed by atoms with E-state index in [-0.39, 0.29) is 0 Å². The highest BCUT2D eigenvalue weighted by Gasteiger charge is 2.29. The molecule has 23 heavy (non-hydrogen) atoms. The Bertz CT molecular complexity index is 509. The van der Waals surface area contributed by atoms with Gasteiger partial charge in [-0.2, -0.15) is 13.2 Å². The van der Waals surface area contributed by atoms with E-state index in [1.165, 1.54) is 17.0 Å². The highest BCUT2D eigenvalue weighted by Crippen LogP contribution is 2.29. The molecule has 0 unspecified atom stereocenters. The zero-order valence-electron chi connectivity index (χ0n) is 12.9. The van der Waals surface area contributed by atoms with Crippen molar-refractivity contribution in [3.8, 4) is 0 Å². The molecule has 1 heterocycles. The number of hydrogen-bond donors (Lipinski definition) is 1. The number of aryl methyl sites for hydroxylation is 1. The minimum Gasteiger partial charge on any atom is -0.465 e. The maximum Gasteiger partial charge on any atom is 0.416 e. The molecule has 1 saturated heterocycles. The molecule has 128 valence electrons. The van der Waals surface area contributed by atoms with E-state index in [0.717, 1.165) is 56.6 Å². The second kappa shape index (κ2) is 7.68. The zero-order chi connectivity index (χ0) is 16.9. The van der Waals surface area contributed by atoms with Gasteiger partial charge < -0.3 is 10.0 Å². The summed E-state index contributed by atoms with van der Waals surface area (Å²) in [6.45, 7) is 3.45. The van der Waals surface area contributed by atoms with Gasteiger partial charge in [-0.3, -0.25) is 4.90 Å². The predicted octanol–water partition coefficient (Wildman–Crippen LogP) is 3.32. The average molecular weight is 330 g/mol. The molecule has 0 aliphatic carbocycles. The van der Waals surface area contributed by atoms with Gasteiger partial charge in [0, 0.05) is 26.2 Å². The number of piperazine rings is 1. The largest absolute Gasteiger partial charge is 0.465 e. The van der Waals surface area contributed by atoms with Crippen molar-refractivity contribution in [2.45, 2.75) is 25.4 Å². The molecule has 2 rings (SSSR count). The Hall–Kier alpha value is -1.76. The molecule has 1 aromatic rings. The predicted molar refractivity (Wildman–Crippen MR) is 80.4 cm³/mol. The quantitative estimate of drug-likeness (QED) is 0.842. The number of benzene rings is 1. The molecule has 1 amide bonds. The Balaban J connectivity index is 1.65. The molecule has 0 atom stereocenters. The van der Waals surface area contributed by atoms with Crippen LogP contribution in [0.5, 0.6) is 0 Å². The van der Waals surface area contributed by atoms with Gasteiger partial charge in [-0.15, -0.1) is 0 Å². The highest BCUT2D eigenvalue weighted by atomic mass is 19.4. The summed E-state index contributed by atoms with van der Waals surface area (Å²) in [5.41, 5.74) is 0.297. The van der Waals surface area contributed by atoms with Gasteiger partial charge in [0.05, 0.1) is 5.56 Å². The molecule has 1 aromatic carbocycles. The Morgan fingerprint density at radius 2 is 1.65 bits per heavy atom. The van der Waals surface area contributed by atoms with E-state index < -0.39 is 17.8 Å².